The number of nitrogens with two attached hydrogens (primary N) is 1. The van der Waals surface area contributed by atoms with Crippen LogP contribution in [0.5, 0.6) is 0 Å². The highest BCUT2D eigenvalue weighted by atomic mass is 16.2. The molecule has 5 amide bonds. The minimum Gasteiger partial charge on any atom is -0.352 e. The summed E-state index contributed by atoms with van der Waals surface area (Å²) in [5.74, 6) is -0.331. The maximum Gasteiger partial charge on any atom is 0.312 e. The number of nitrogens with one attached hydrogen (secondary N) is 3. The fraction of sp³-hybridized carbons (Fsp3) is 0.783. The first kappa shape index (κ1) is 28.4. The van der Waals surface area contributed by atoms with E-state index in [-0.39, 0.29) is 23.5 Å². The van der Waals surface area contributed by atoms with E-state index >= 15 is 0 Å². The van der Waals surface area contributed by atoms with Gasteiger partial charge in [0, 0.05) is 32.5 Å². The Hall–Kier alpha value is -2.65. The number of hydrogen-bond donors (Lipinski definition) is 4. The highest BCUT2D eigenvalue weighted by molar-refractivity contribution is 5.92. The molecule has 10 heteroatoms. The van der Waals surface area contributed by atoms with Crippen molar-refractivity contribution in [3.63, 3.8) is 0 Å². The number of likely N-dealkylation sites (tertiary alicyclic amines) is 1. The lowest BCUT2D eigenvalue weighted by Crippen LogP contribution is -2.53. The molecule has 5 N–H and O–H groups in total. The van der Waals surface area contributed by atoms with E-state index in [9.17, 15) is 24.0 Å². The van der Waals surface area contributed by atoms with Crippen LogP contribution in [-0.2, 0) is 19.2 Å². The van der Waals surface area contributed by atoms with Gasteiger partial charge in [-0.3, -0.25) is 19.2 Å². The van der Waals surface area contributed by atoms with E-state index in [4.69, 9.17) is 5.73 Å². The van der Waals surface area contributed by atoms with Crippen molar-refractivity contribution < 1.29 is 24.0 Å². The molecule has 0 aromatic rings. The van der Waals surface area contributed by atoms with Gasteiger partial charge in [-0.15, -0.1) is 0 Å². The Morgan fingerprint density at radius 1 is 1.09 bits per heavy atom. The minimum atomic E-state index is -0.744. The molecule has 1 saturated heterocycles. The van der Waals surface area contributed by atoms with Crippen molar-refractivity contribution in [2.75, 3.05) is 19.6 Å². The smallest absolute Gasteiger partial charge is 0.312 e. The number of carbonyl (C=O) groups excluding carboxylic acids is 5. The van der Waals surface area contributed by atoms with Gasteiger partial charge in [0.25, 0.3) is 0 Å². The summed E-state index contributed by atoms with van der Waals surface area (Å²) in [6.07, 6.45) is 4.12. The van der Waals surface area contributed by atoms with Gasteiger partial charge >= 0.3 is 6.03 Å². The van der Waals surface area contributed by atoms with Crippen molar-refractivity contribution in [1.29, 1.82) is 0 Å². The van der Waals surface area contributed by atoms with Crippen LogP contribution in [0, 0.1) is 11.8 Å². The third kappa shape index (κ3) is 11.2. The minimum absolute atomic E-state index is 0.152. The monoisotopic (exact) mass is 467 g/mol. The first-order valence-corrected chi connectivity index (χ1v) is 11.9. The lowest BCUT2D eigenvalue weighted by atomic mass is 10.0. The molecule has 1 aliphatic rings. The molecule has 0 saturated carbocycles. The van der Waals surface area contributed by atoms with Crippen LogP contribution in [0.2, 0.25) is 0 Å². The Morgan fingerprint density at radius 3 is 2.33 bits per heavy atom. The van der Waals surface area contributed by atoms with E-state index < -0.39 is 24.0 Å². The van der Waals surface area contributed by atoms with Gasteiger partial charge in [-0.05, 0) is 44.4 Å². The molecule has 1 fully saturated rings. The van der Waals surface area contributed by atoms with E-state index in [0.717, 1.165) is 25.9 Å². The molecule has 0 spiro atoms. The number of urea groups is 1. The highest BCUT2D eigenvalue weighted by Gasteiger charge is 2.28. The zero-order valence-electron chi connectivity index (χ0n) is 20.4. The number of unbranched alkanes of at least 4 members (excludes halogenated alkanes) is 2. The Bertz CT molecular complexity index is 697. The molecule has 0 aliphatic carbocycles. The number of Topliss-reactive ketones (excluding diaryl/α,β-unsaturated/α-hetero) is 1. The van der Waals surface area contributed by atoms with Crippen molar-refractivity contribution in [2.45, 2.75) is 84.7 Å². The molecule has 0 radical (unpaired) electrons. The zero-order valence-corrected chi connectivity index (χ0v) is 20.4. The second kappa shape index (κ2) is 14.5. The Labute approximate surface area is 196 Å². The van der Waals surface area contributed by atoms with E-state index in [1.807, 2.05) is 18.7 Å². The molecule has 0 aromatic carbocycles. The predicted molar refractivity (Wildman–Crippen MR) is 125 cm³/mol. The lowest BCUT2D eigenvalue weighted by molar-refractivity contribution is -0.132. The van der Waals surface area contributed by atoms with Crippen LogP contribution in [0.4, 0.5) is 4.79 Å². The van der Waals surface area contributed by atoms with Gasteiger partial charge < -0.3 is 26.6 Å². The van der Waals surface area contributed by atoms with E-state index in [1.165, 1.54) is 6.92 Å². The van der Waals surface area contributed by atoms with Gasteiger partial charge in [0.15, 0.2) is 5.78 Å². The molecule has 0 aromatic heterocycles. The first-order chi connectivity index (χ1) is 15.5. The first-order valence-electron chi connectivity index (χ1n) is 11.9. The van der Waals surface area contributed by atoms with Crippen LogP contribution in [-0.4, -0.2) is 66.2 Å². The fourth-order valence-electron chi connectivity index (χ4n) is 3.89. The van der Waals surface area contributed by atoms with Gasteiger partial charge in [0.05, 0.1) is 6.04 Å². The predicted octanol–water partition coefficient (Wildman–Crippen LogP) is 1.08. The largest absolute Gasteiger partial charge is 0.352 e. The van der Waals surface area contributed by atoms with Gasteiger partial charge in [0.2, 0.25) is 17.7 Å². The average molecular weight is 468 g/mol. The normalized spacial score (nSPS) is 17.5. The van der Waals surface area contributed by atoms with E-state index in [0.29, 0.717) is 44.6 Å². The SMILES string of the molecule is CC(=O)[C@H](CCCNC(N)=O)NC(=O)[C@@H](NC(=O)CCCCCN1CC(C)CC1=O)C(C)C. The topological polar surface area (TPSA) is 151 Å². The number of amides is 5. The van der Waals surface area contributed by atoms with Gasteiger partial charge in [-0.1, -0.05) is 27.2 Å². The maximum absolute atomic E-state index is 12.8. The molecule has 188 valence electrons. The lowest BCUT2D eigenvalue weighted by Gasteiger charge is -2.24. The summed E-state index contributed by atoms with van der Waals surface area (Å²) < 4.78 is 0. The number of carbonyl (C=O) groups is 5. The summed E-state index contributed by atoms with van der Waals surface area (Å²) in [5.41, 5.74) is 5.02. The summed E-state index contributed by atoms with van der Waals surface area (Å²) in [6, 6.07) is -2.08. The third-order valence-corrected chi connectivity index (χ3v) is 5.78. The van der Waals surface area contributed by atoms with Crippen molar-refractivity contribution in [3.8, 4) is 0 Å². The Kier molecular flexibility index (Phi) is 12.5. The summed E-state index contributed by atoms with van der Waals surface area (Å²) >= 11 is 0. The van der Waals surface area contributed by atoms with Crippen LogP contribution in [0.3, 0.4) is 0 Å². The number of ketones is 1. The Morgan fingerprint density at radius 2 is 1.79 bits per heavy atom. The van der Waals surface area contributed by atoms with E-state index in [2.05, 4.69) is 22.9 Å². The molecule has 0 bridgehead atoms. The number of primary amides is 1. The molecule has 1 heterocycles. The molecule has 1 aliphatic heterocycles. The second-order valence-corrected chi connectivity index (χ2v) is 9.35. The van der Waals surface area contributed by atoms with E-state index in [1.54, 1.807) is 0 Å². The maximum atomic E-state index is 12.8. The van der Waals surface area contributed by atoms with Crippen molar-refractivity contribution in [1.82, 2.24) is 20.9 Å². The standard InChI is InChI=1S/C23H41N5O5/c1-15(2)21(22(32)26-18(17(4)29)9-8-11-25-23(24)33)27-19(30)10-6-5-7-12-28-14-16(3)13-20(28)31/h15-16,18,21H,5-14H2,1-4H3,(H,26,32)(H,27,30)(H3,24,25,33)/t16?,18-,21-/m0/s1. The summed E-state index contributed by atoms with van der Waals surface area (Å²) in [5, 5.41) is 7.96. The van der Waals surface area contributed by atoms with Crippen LogP contribution in [0.15, 0.2) is 0 Å². The zero-order chi connectivity index (χ0) is 25.0. The van der Waals surface area contributed by atoms with Gasteiger partial charge in [-0.25, -0.2) is 4.79 Å². The van der Waals surface area contributed by atoms with Crippen LogP contribution in [0.25, 0.3) is 0 Å². The third-order valence-electron chi connectivity index (χ3n) is 5.78. The quantitative estimate of drug-likeness (QED) is 0.266. The van der Waals surface area contributed by atoms with Gasteiger partial charge in [0.1, 0.15) is 6.04 Å². The molecule has 3 atom stereocenters. The van der Waals surface area contributed by atoms with Crippen LogP contribution < -0.4 is 21.7 Å². The molecule has 10 nitrogen and oxygen atoms in total. The molecule has 33 heavy (non-hydrogen) atoms. The number of nitrogens with zero attached hydrogens (tertiary/aromatic N) is 1. The molecular weight excluding hydrogens is 426 g/mol. The summed E-state index contributed by atoms with van der Waals surface area (Å²) in [6.45, 7) is 8.98. The van der Waals surface area contributed by atoms with Crippen molar-refractivity contribution in [2.24, 2.45) is 17.6 Å². The average Bonchev–Trinajstić information content (AvgIpc) is 3.04. The molecular formula is C23H41N5O5. The Balaban J connectivity index is 2.40. The summed E-state index contributed by atoms with van der Waals surface area (Å²) in [7, 11) is 0. The molecule has 1 rings (SSSR count). The fourth-order valence-corrected chi connectivity index (χ4v) is 3.89. The molecule has 1 unspecified atom stereocenters. The highest BCUT2D eigenvalue weighted by Crippen LogP contribution is 2.17. The van der Waals surface area contributed by atoms with Gasteiger partial charge in [-0.2, -0.15) is 0 Å². The van der Waals surface area contributed by atoms with Crippen molar-refractivity contribution in [3.05, 3.63) is 0 Å². The number of rotatable bonds is 15. The van der Waals surface area contributed by atoms with Crippen molar-refractivity contribution >= 4 is 29.5 Å². The summed E-state index contributed by atoms with van der Waals surface area (Å²) in [4.78, 5) is 61.5. The number of hydrogen-bond acceptors (Lipinski definition) is 5. The van der Waals surface area contributed by atoms with Crippen LogP contribution in [0.1, 0.15) is 72.6 Å². The second-order valence-electron chi connectivity index (χ2n) is 9.35. The van der Waals surface area contributed by atoms with Crippen LogP contribution >= 0.6 is 0 Å².